The predicted molar refractivity (Wildman–Crippen MR) is 90.3 cm³/mol. The van der Waals surface area contributed by atoms with Crippen LogP contribution in [0.2, 0.25) is 0 Å². The van der Waals surface area contributed by atoms with Crippen molar-refractivity contribution in [2.24, 2.45) is 0 Å². The van der Waals surface area contributed by atoms with Crippen molar-refractivity contribution in [3.8, 4) is 0 Å². The zero-order valence-corrected chi connectivity index (χ0v) is 13.3. The first-order chi connectivity index (χ1) is 12.1. The SMILES string of the molecule is O=C(c1cccc2nccnc12)N1C[C@@H](O)C[C@H]1c1cccc(F)c1. The van der Waals surface area contributed by atoms with Crippen LogP contribution in [0.25, 0.3) is 11.0 Å². The highest BCUT2D eigenvalue weighted by Gasteiger charge is 2.36. The van der Waals surface area contributed by atoms with Gasteiger partial charge in [-0.15, -0.1) is 0 Å². The second-order valence-electron chi connectivity index (χ2n) is 6.15. The van der Waals surface area contributed by atoms with E-state index in [4.69, 9.17) is 0 Å². The van der Waals surface area contributed by atoms with Gasteiger partial charge in [-0.25, -0.2) is 4.39 Å². The highest BCUT2D eigenvalue weighted by molar-refractivity contribution is 6.04. The molecule has 1 N–H and O–H groups in total. The van der Waals surface area contributed by atoms with E-state index in [1.54, 1.807) is 47.6 Å². The topological polar surface area (TPSA) is 66.3 Å². The number of hydrogen-bond donors (Lipinski definition) is 1. The highest BCUT2D eigenvalue weighted by atomic mass is 19.1. The Morgan fingerprint density at radius 2 is 1.96 bits per heavy atom. The predicted octanol–water partition coefficient (Wildman–Crippen LogP) is 2.72. The third kappa shape index (κ3) is 2.85. The summed E-state index contributed by atoms with van der Waals surface area (Å²) in [7, 11) is 0. The Kier molecular flexibility index (Phi) is 3.89. The fourth-order valence-corrected chi connectivity index (χ4v) is 3.39. The van der Waals surface area contributed by atoms with Gasteiger partial charge in [-0.05, 0) is 36.2 Å². The number of carbonyl (C=O) groups excluding carboxylic acids is 1. The van der Waals surface area contributed by atoms with Crippen LogP contribution in [0.4, 0.5) is 4.39 Å². The van der Waals surface area contributed by atoms with Crippen LogP contribution in [0.1, 0.15) is 28.4 Å². The molecule has 1 saturated heterocycles. The Balaban J connectivity index is 1.75. The molecule has 1 aliphatic rings. The molecule has 1 aliphatic heterocycles. The molecule has 2 atom stereocenters. The quantitative estimate of drug-likeness (QED) is 0.781. The van der Waals surface area contributed by atoms with Crippen LogP contribution in [0, 0.1) is 5.82 Å². The number of β-amino-alcohol motifs (C(OH)–C–C–N with tert-alkyl or cyclic N) is 1. The third-order valence-corrected chi connectivity index (χ3v) is 4.50. The van der Waals surface area contributed by atoms with Gasteiger partial charge in [0.2, 0.25) is 0 Å². The molecule has 1 aromatic heterocycles. The van der Waals surface area contributed by atoms with Crippen LogP contribution in [0.15, 0.2) is 54.9 Å². The summed E-state index contributed by atoms with van der Waals surface area (Å²) >= 11 is 0. The Hall–Kier alpha value is -2.86. The number of aromatic nitrogens is 2. The van der Waals surface area contributed by atoms with Gasteiger partial charge in [0.25, 0.3) is 5.91 Å². The van der Waals surface area contributed by atoms with Crippen molar-refractivity contribution in [3.63, 3.8) is 0 Å². The lowest BCUT2D eigenvalue weighted by molar-refractivity contribution is 0.0717. The maximum atomic E-state index is 13.6. The number of nitrogens with zero attached hydrogens (tertiary/aromatic N) is 3. The van der Waals surface area contributed by atoms with Gasteiger partial charge in [-0.3, -0.25) is 14.8 Å². The number of benzene rings is 2. The lowest BCUT2D eigenvalue weighted by Gasteiger charge is -2.25. The Bertz CT molecular complexity index is 941. The molecule has 5 nitrogen and oxygen atoms in total. The summed E-state index contributed by atoms with van der Waals surface area (Å²) < 4.78 is 13.6. The summed E-state index contributed by atoms with van der Waals surface area (Å²) in [6, 6.07) is 11.0. The van der Waals surface area contributed by atoms with Crippen LogP contribution in [0.5, 0.6) is 0 Å². The number of likely N-dealkylation sites (tertiary alicyclic amines) is 1. The summed E-state index contributed by atoms with van der Waals surface area (Å²) in [6.45, 7) is 0.205. The molecule has 2 heterocycles. The number of aliphatic hydroxyl groups excluding tert-OH is 1. The summed E-state index contributed by atoms with van der Waals surface area (Å²) in [5.41, 5.74) is 2.27. The number of amides is 1. The molecule has 0 bridgehead atoms. The van der Waals surface area contributed by atoms with Crippen molar-refractivity contribution in [2.75, 3.05) is 6.54 Å². The molecule has 0 unspecified atom stereocenters. The zero-order valence-electron chi connectivity index (χ0n) is 13.3. The summed E-state index contributed by atoms with van der Waals surface area (Å²) in [5.74, 6) is -0.598. The van der Waals surface area contributed by atoms with Crippen LogP contribution >= 0.6 is 0 Å². The molecule has 1 fully saturated rings. The fourth-order valence-electron chi connectivity index (χ4n) is 3.39. The first kappa shape index (κ1) is 15.7. The van der Waals surface area contributed by atoms with Gasteiger partial charge in [0.1, 0.15) is 11.3 Å². The van der Waals surface area contributed by atoms with Crippen molar-refractivity contribution in [1.29, 1.82) is 0 Å². The minimum Gasteiger partial charge on any atom is -0.391 e. The molecule has 0 radical (unpaired) electrons. The van der Waals surface area contributed by atoms with Crippen molar-refractivity contribution in [1.82, 2.24) is 14.9 Å². The molecular formula is C19H16FN3O2. The van der Waals surface area contributed by atoms with Crippen LogP contribution < -0.4 is 0 Å². The third-order valence-electron chi connectivity index (χ3n) is 4.50. The average Bonchev–Trinajstić information content (AvgIpc) is 3.02. The molecule has 2 aromatic carbocycles. The summed E-state index contributed by atoms with van der Waals surface area (Å²) in [4.78, 5) is 23.2. The first-order valence-electron chi connectivity index (χ1n) is 8.08. The van der Waals surface area contributed by atoms with Gasteiger partial charge in [0, 0.05) is 18.9 Å². The first-order valence-corrected chi connectivity index (χ1v) is 8.08. The smallest absolute Gasteiger partial charge is 0.256 e. The van der Waals surface area contributed by atoms with Crippen LogP contribution in [-0.4, -0.2) is 38.5 Å². The Labute approximate surface area is 143 Å². The minimum atomic E-state index is -0.640. The zero-order chi connectivity index (χ0) is 17.4. The second-order valence-corrected chi connectivity index (χ2v) is 6.15. The van der Waals surface area contributed by atoms with Crippen LogP contribution in [-0.2, 0) is 0 Å². The number of carbonyl (C=O) groups is 1. The van der Waals surface area contributed by atoms with E-state index in [1.165, 1.54) is 12.1 Å². The molecule has 6 heteroatoms. The molecule has 25 heavy (non-hydrogen) atoms. The number of aliphatic hydroxyl groups is 1. The lowest BCUT2D eigenvalue weighted by Crippen LogP contribution is -2.32. The van der Waals surface area contributed by atoms with Crippen molar-refractivity contribution < 1.29 is 14.3 Å². The average molecular weight is 337 g/mol. The maximum absolute atomic E-state index is 13.6. The standard InChI is InChI=1S/C19H16FN3O2/c20-13-4-1-3-12(9-13)17-10-14(24)11-23(17)19(25)15-5-2-6-16-18(15)22-8-7-21-16/h1-9,14,17,24H,10-11H2/t14-,17-/m0/s1. The van der Waals surface area contributed by atoms with Gasteiger partial charge in [0.15, 0.2) is 0 Å². The maximum Gasteiger partial charge on any atom is 0.256 e. The summed E-state index contributed by atoms with van der Waals surface area (Å²) in [5, 5.41) is 10.1. The van der Waals surface area contributed by atoms with Crippen molar-refractivity contribution >= 4 is 16.9 Å². The highest BCUT2D eigenvalue weighted by Crippen LogP contribution is 2.34. The van der Waals surface area contributed by atoms with E-state index in [1.807, 2.05) is 0 Å². The van der Waals surface area contributed by atoms with E-state index in [0.717, 1.165) is 0 Å². The second kappa shape index (κ2) is 6.22. The molecule has 126 valence electrons. The summed E-state index contributed by atoms with van der Waals surface area (Å²) in [6.07, 6.45) is 2.86. The fraction of sp³-hybridized carbons (Fsp3) is 0.211. The number of rotatable bonds is 2. The van der Waals surface area contributed by atoms with Crippen molar-refractivity contribution in [2.45, 2.75) is 18.6 Å². The van der Waals surface area contributed by atoms with Gasteiger partial charge in [-0.1, -0.05) is 18.2 Å². The molecular weight excluding hydrogens is 321 g/mol. The molecule has 3 aromatic rings. The van der Waals surface area contributed by atoms with E-state index >= 15 is 0 Å². The number of para-hydroxylation sites is 1. The molecule has 0 saturated carbocycles. The van der Waals surface area contributed by atoms with Gasteiger partial charge < -0.3 is 10.0 Å². The lowest BCUT2D eigenvalue weighted by atomic mass is 10.0. The minimum absolute atomic E-state index is 0.205. The van der Waals surface area contributed by atoms with E-state index in [9.17, 15) is 14.3 Å². The van der Waals surface area contributed by atoms with E-state index in [0.29, 0.717) is 28.6 Å². The monoisotopic (exact) mass is 337 g/mol. The Morgan fingerprint density at radius 1 is 1.16 bits per heavy atom. The van der Waals surface area contributed by atoms with Gasteiger partial charge >= 0.3 is 0 Å². The Morgan fingerprint density at radius 3 is 2.80 bits per heavy atom. The molecule has 4 rings (SSSR count). The van der Waals surface area contributed by atoms with Gasteiger partial charge in [0.05, 0.1) is 23.2 Å². The number of halogens is 1. The van der Waals surface area contributed by atoms with E-state index in [-0.39, 0.29) is 24.3 Å². The van der Waals surface area contributed by atoms with E-state index in [2.05, 4.69) is 9.97 Å². The largest absolute Gasteiger partial charge is 0.391 e. The van der Waals surface area contributed by atoms with E-state index < -0.39 is 6.10 Å². The number of hydrogen-bond acceptors (Lipinski definition) is 4. The van der Waals surface area contributed by atoms with Gasteiger partial charge in [-0.2, -0.15) is 0 Å². The molecule has 0 aliphatic carbocycles. The number of fused-ring (bicyclic) bond motifs is 1. The van der Waals surface area contributed by atoms with Crippen LogP contribution in [0.3, 0.4) is 0 Å². The normalized spacial score (nSPS) is 20.2. The van der Waals surface area contributed by atoms with Crippen molar-refractivity contribution in [3.05, 3.63) is 71.8 Å². The molecule has 0 spiro atoms. The molecule has 1 amide bonds.